The monoisotopic (exact) mass is 178 g/mol. The molecule has 0 aliphatic heterocycles. The molecule has 6 heteroatoms. The number of alkyl halides is 4. The zero-order chi connectivity index (χ0) is 7.49. The van der Waals surface area contributed by atoms with Gasteiger partial charge in [0.25, 0.3) is 0 Å². The molecule has 0 aromatic heterocycles. The summed E-state index contributed by atoms with van der Waals surface area (Å²) < 4.78 is 26.7. The van der Waals surface area contributed by atoms with Crippen molar-refractivity contribution in [3.05, 3.63) is 0 Å². The minimum absolute atomic E-state index is 0.624. The van der Waals surface area contributed by atoms with Gasteiger partial charge in [0.2, 0.25) is 0 Å². The molecule has 0 aliphatic carbocycles. The van der Waals surface area contributed by atoms with Crippen LogP contribution in [0.5, 0.6) is 0 Å². The molecule has 0 amide bonds. The lowest BCUT2D eigenvalue weighted by molar-refractivity contribution is -0.158. The van der Waals surface area contributed by atoms with E-state index in [1.807, 2.05) is 0 Å². The second-order valence-electron chi connectivity index (χ2n) is 1.04. The van der Waals surface area contributed by atoms with E-state index in [4.69, 9.17) is 11.6 Å². The smallest absolute Gasteiger partial charge is 0.418 e. The summed E-state index contributed by atoms with van der Waals surface area (Å²) in [5, 5.41) is -3.96. The van der Waals surface area contributed by atoms with Crippen LogP contribution in [0, 0.1) is 0 Å². The number of esters is 1. The quantitative estimate of drug-likeness (QED) is 0.474. The fraction of sp³-hybridized carbons (Fsp3) is 0.667. The molecule has 0 saturated heterocycles. The van der Waals surface area contributed by atoms with Crippen LogP contribution < -0.4 is 0 Å². The Hall–Kier alpha value is -0.0900. The highest BCUT2D eigenvalue weighted by molar-refractivity contribution is 6.31. The van der Waals surface area contributed by atoms with Crippen LogP contribution in [0.2, 0.25) is 0 Å². The van der Waals surface area contributed by atoms with Crippen molar-refractivity contribution in [2.75, 3.05) is 6.07 Å². The van der Waals surface area contributed by atoms with Crippen molar-refractivity contribution in [3.63, 3.8) is 0 Å². The molecule has 2 nitrogen and oxygen atoms in total. The van der Waals surface area contributed by atoms with Gasteiger partial charge in [-0.3, -0.25) is 0 Å². The van der Waals surface area contributed by atoms with E-state index < -0.39 is 17.4 Å². The van der Waals surface area contributed by atoms with Crippen LogP contribution in [0.3, 0.4) is 0 Å². The van der Waals surface area contributed by atoms with Crippen molar-refractivity contribution >= 4 is 29.2 Å². The summed E-state index contributed by atoms with van der Waals surface area (Å²) in [6, 6.07) is -0.624. The van der Waals surface area contributed by atoms with Crippen LogP contribution in [-0.2, 0) is 9.53 Å². The summed E-state index contributed by atoms with van der Waals surface area (Å²) in [7, 11) is 0. The third-order valence-corrected chi connectivity index (χ3v) is 0.681. The molecule has 0 N–H and O–H groups in total. The predicted octanol–water partition coefficient (Wildman–Crippen LogP) is 1.56. The van der Waals surface area contributed by atoms with Gasteiger partial charge < -0.3 is 4.74 Å². The second-order valence-corrected chi connectivity index (χ2v) is 1.73. The molecule has 0 aliphatic rings. The number of hydrogen-bond donors (Lipinski definition) is 0. The van der Waals surface area contributed by atoms with Crippen molar-refractivity contribution < 1.29 is 18.3 Å². The van der Waals surface area contributed by atoms with Gasteiger partial charge in [-0.15, -0.1) is 0 Å². The summed E-state index contributed by atoms with van der Waals surface area (Å²) >= 11 is 8.96. The maximum atomic E-state index is 11.5. The van der Waals surface area contributed by atoms with Crippen molar-refractivity contribution in [1.29, 1.82) is 0 Å². The van der Waals surface area contributed by atoms with Crippen LogP contribution in [0.15, 0.2) is 0 Å². The lowest BCUT2D eigenvalue weighted by atomic mass is 10.7. The van der Waals surface area contributed by atoms with Crippen molar-refractivity contribution in [2.45, 2.75) is 5.38 Å². The number of ether oxygens (including phenoxy) is 1. The molecule has 0 rings (SSSR count). The van der Waals surface area contributed by atoms with Gasteiger partial charge in [0.15, 0.2) is 6.07 Å². The fourth-order valence-electron chi connectivity index (χ4n) is 0.131. The molecule has 0 aromatic carbocycles. The number of carbonyl (C=O) groups is 1. The Kier molecular flexibility index (Phi) is 3.14. The molecule has 9 heavy (non-hydrogen) atoms. The molecular weight excluding hydrogens is 177 g/mol. The molecule has 0 bridgehead atoms. The van der Waals surface area contributed by atoms with Gasteiger partial charge in [-0.25, -0.2) is 4.79 Å². The van der Waals surface area contributed by atoms with Gasteiger partial charge in [0.1, 0.15) is 0 Å². The minimum Gasteiger partial charge on any atom is -0.444 e. The average Bonchev–Trinajstić information content (AvgIpc) is 1.64. The largest absolute Gasteiger partial charge is 0.444 e. The lowest BCUT2D eigenvalue weighted by Gasteiger charge is -2.03. The third kappa shape index (κ3) is 3.48. The minimum atomic E-state index is -3.96. The van der Waals surface area contributed by atoms with Gasteiger partial charge in [0.05, 0.1) is 0 Å². The first-order chi connectivity index (χ1) is 3.98. The third-order valence-electron chi connectivity index (χ3n) is 0.417. The van der Waals surface area contributed by atoms with E-state index in [0.29, 0.717) is 0 Å². The first kappa shape index (κ1) is 8.91. The summed E-state index contributed by atoms with van der Waals surface area (Å²) in [6.07, 6.45) is 0. The topological polar surface area (TPSA) is 26.3 Å². The molecule has 0 spiro atoms. The van der Waals surface area contributed by atoms with Crippen molar-refractivity contribution in [3.8, 4) is 0 Å². The van der Waals surface area contributed by atoms with E-state index in [1.165, 1.54) is 0 Å². The average molecular weight is 179 g/mol. The number of rotatable bonds is 2. The Morgan fingerprint density at radius 3 is 2.22 bits per heavy atom. The van der Waals surface area contributed by atoms with E-state index in [0.717, 1.165) is 0 Å². The molecular formula is C3H2Cl2F2O2. The van der Waals surface area contributed by atoms with Crippen molar-refractivity contribution in [2.24, 2.45) is 0 Å². The molecule has 0 unspecified atom stereocenters. The maximum absolute atomic E-state index is 11.5. The van der Waals surface area contributed by atoms with Crippen LogP contribution in [0.4, 0.5) is 8.78 Å². The molecule has 0 radical (unpaired) electrons. The number of halogens is 4. The van der Waals surface area contributed by atoms with Gasteiger partial charge >= 0.3 is 11.4 Å². The van der Waals surface area contributed by atoms with E-state index >= 15 is 0 Å². The SMILES string of the molecule is O=C(OCCl)C(F)(F)Cl. The highest BCUT2D eigenvalue weighted by atomic mass is 35.5. The Morgan fingerprint density at radius 2 is 2.11 bits per heavy atom. The molecule has 0 fully saturated rings. The maximum Gasteiger partial charge on any atom is 0.418 e. The second kappa shape index (κ2) is 3.17. The normalized spacial score (nSPS) is 11.1. The van der Waals surface area contributed by atoms with E-state index in [1.54, 1.807) is 0 Å². The Bertz CT molecular complexity index is 111. The summed E-state index contributed by atoms with van der Waals surface area (Å²) in [4.78, 5) is 9.88. The Morgan fingerprint density at radius 1 is 1.67 bits per heavy atom. The lowest BCUT2D eigenvalue weighted by Crippen LogP contribution is -2.23. The highest BCUT2D eigenvalue weighted by Gasteiger charge is 2.37. The van der Waals surface area contributed by atoms with Crippen molar-refractivity contribution in [1.82, 2.24) is 0 Å². The number of carbonyl (C=O) groups excluding carboxylic acids is 1. The zero-order valence-corrected chi connectivity index (χ0v) is 5.55. The Labute approximate surface area is 59.7 Å². The molecule has 0 aromatic rings. The first-order valence-corrected chi connectivity index (χ1v) is 2.69. The zero-order valence-electron chi connectivity index (χ0n) is 4.04. The van der Waals surface area contributed by atoms with E-state index in [2.05, 4.69) is 16.3 Å². The van der Waals surface area contributed by atoms with E-state index in [-0.39, 0.29) is 0 Å². The standard InChI is InChI=1S/C3H2Cl2F2O2/c4-1-9-2(8)3(5,6)7/h1H2. The van der Waals surface area contributed by atoms with Crippen LogP contribution in [0.1, 0.15) is 0 Å². The van der Waals surface area contributed by atoms with Crippen LogP contribution in [-0.4, -0.2) is 17.4 Å². The van der Waals surface area contributed by atoms with Gasteiger partial charge in [0, 0.05) is 0 Å². The Balaban J connectivity index is 3.74. The molecule has 0 saturated carbocycles. The van der Waals surface area contributed by atoms with Gasteiger partial charge in [-0.2, -0.15) is 8.78 Å². The van der Waals surface area contributed by atoms with Gasteiger partial charge in [-0.05, 0) is 11.6 Å². The fourth-order valence-corrected chi connectivity index (χ4v) is 0.285. The predicted molar refractivity (Wildman–Crippen MR) is 27.6 cm³/mol. The molecule has 0 heterocycles. The first-order valence-electron chi connectivity index (χ1n) is 1.78. The molecule has 0 atom stereocenters. The van der Waals surface area contributed by atoms with Gasteiger partial charge in [-0.1, -0.05) is 11.6 Å². The highest BCUT2D eigenvalue weighted by Crippen LogP contribution is 2.20. The van der Waals surface area contributed by atoms with E-state index in [9.17, 15) is 13.6 Å². The summed E-state index contributed by atoms with van der Waals surface area (Å²) in [5.41, 5.74) is 0. The summed E-state index contributed by atoms with van der Waals surface area (Å²) in [5.74, 6) is -1.83. The summed E-state index contributed by atoms with van der Waals surface area (Å²) in [6.45, 7) is 0. The van der Waals surface area contributed by atoms with Crippen LogP contribution >= 0.6 is 23.2 Å². The molecule has 54 valence electrons. The number of hydrogen-bond acceptors (Lipinski definition) is 2. The van der Waals surface area contributed by atoms with Crippen LogP contribution in [0.25, 0.3) is 0 Å².